The Labute approximate surface area is 41.5 Å². The lowest BCUT2D eigenvalue weighted by molar-refractivity contribution is 0.320. The molecule has 0 aliphatic rings. The monoisotopic (exact) mass is 102 g/mol. The van der Waals surface area contributed by atoms with Crippen LogP contribution in [0.1, 0.15) is 0 Å². The van der Waals surface area contributed by atoms with E-state index in [0.29, 0.717) is 0 Å². The molecule has 0 heterocycles. The van der Waals surface area contributed by atoms with Gasteiger partial charge in [-0.25, -0.2) is 0 Å². The smallest absolute Gasteiger partial charge is 0.0906 e. The van der Waals surface area contributed by atoms with Crippen LogP contribution in [-0.4, -0.2) is 16.3 Å². The van der Waals surface area contributed by atoms with Crippen LogP contribution in [0.15, 0.2) is 5.16 Å². The minimum absolute atomic E-state index is 0.213. The van der Waals surface area contributed by atoms with Crippen LogP contribution in [0.25, 0.3) is 0 Å². The second kappa shape index (κ2) is 2.78. The summed E-state index contributed by atoms with van der Waals surface area (Å²) in [7, 11) is 0. The van der Waals surface area contributed by atoms with Gasteiger partial charge in [-0.1, -0.05) is 17.4 Å². The molecule has 0 fully saturated rings. The highest BCUT2D eigenvalue weighted by molar-refractivity contribution is 7.80. The van der Waals surface area contributed by atoms with Crippen LogP contribution in [0.5, 0.6) is 0 Å². The van der Waals surface area contributed by atoms with Gasteiger partial charge < -0.3 is 5.21 Å². The second-order valence-corrected chi connectivity index (χ2v) is 0.945. The first kappa shape index (κ1) is 5.56. The molecule has 3 heteroatoms. The van der Waals surface area contributed by atoms with Crippen molar-refractivity contribution >= 4 is 23.3 Å². The van der Waals surface area contributed by atoms with Crippen molar-refractivity contribution in [1.29, 1.82) is 0 Å². The Hall–Kier alpha value is -0.440. The van der Waals surface area contributed by atoms with Crippen molar-refractivity contribution in [3.05, 3.63) is 6.92 Å². The Morgan fingerprint density at radius 1 is 2.00 bits per heavy atom. The molecule has 0 unspecified atom stereocenters. The van der Waals surface area contributed by atoms with E-state index in [9.17, 15) is 0 Å². The van der Waals surface area contributed by atoms with Crippen LogP contribution in [0.3, 0.4) is 0 Å². The van der Waals surface area contributed by atoms with Gasteiger partial charge in [-0.3, -0.25) is 0 Å². The van der Waals surface area contributed by atoms with E-state index in [1.165, 1.54) is 5.37 Å². The van der Waals surface area contributed by atoms with Crippen LogP contribution in [0.2, 0.25) is 0 Å². The molecule has 0 atom stereocenters. The molecule has 0 aromatic rings. The number of rotatable bonds is 1. The fourth-order valence-corrected chi connectivity index (χ4v) is 0.0707. The summed E-state index contributed by atoms with van der Waals surface area (Å²) in [6.45, 7) is 3.22. The molecule has 0 aromatic heterocycles. The number of hydrogen-bond donors (Lipinski definition) is 1. The lowest BCUT2D eigenvalue weighted by atomic mass is 10.5. The van der Waals surface area contributed by atoms with Crippen LogP contribution in [-0.2, 0) is 0 Å². The Bertz CT molecular complexity index is 78.9. The van der Waals surface area contributed by atoms with Gasteiger partial charge in [-0.05, 0) is 6.92 Å². The van der Waals surface area contributed by atoms with Gasteiger partial charge in [0.25, 0.3) is 0 Å². The molecule has 0 aliphatic carbocycles. The SMILES string of the molecule is [CH2]C(C=S)=NO. The van der Waals surface area contributed by atoms with Crippen LogP contribution < -0.4 is 0 Å². The van der Waals surface area contributed by atoms with E-state index < -0.39 is 0 Å². The molecular formula is C3H4NOS. The molecule has 0 aromatic carbocycles. The first-order chi connectivity index (χ1) is 2.81. The van der Waals surface area contributed by atoms with Crippen molar-refractivity contribution < 1.29 is 5.21 Å². The lowest BCUT2D eigenvalue weighted by Gasteiger charge is -1.73. The quantitative estimate of drug-likeness (QED) is 0.228. The van der Waals surface area contributed by atoms with Crippen molar-refractivity contribution in [1.82, 2.24) is 0 Å². The van der Waals surface area contributed by atoms with Gasteiger partial charge in [-0.15, -0.1) is 0 Å². The molecule has 0 amide bonds. The molecule has 0 saturated carbocycles. The molecule has 1 radical (unpaired) electrons. The fraction of sp³-hybridized carbons (Fsp3) is 0. The number of nitrogens with zero attached hydrogens (tertiary/aromatic N) is 1. The third-order valence-corrected chi connectivity index (χ3v) is 0.537. The molecule has 33 valence electrons. The van der Waals surface area contributed by atoms with Gasteiger partial charge in [0, 0.05) is 5.37 Å². The van der Waals surface area contributed by atoms with E-state index in [-0.39, 0.29) is 5.71 Å². The minimum atomic E-state index is 0.213. The maximum atomic E-state index is 7.76. The average molecular weight is 102 g/mol. The molecule has 1 N–H and O–H groups in total. The molecule has 0 bridgehead atoms. The van der Waals surface area contributed by atoms with E-state index in [2.05, 4.69) is 24.3 Å². The van der Waals surface area contributed by atoms with Crippen molar-refractivity contribution in [3.63, 3.8) is 0 Å². The van der Waals surface area contributed by atoms with Gasteiger partial charge in [0.1, 0.15) is 0 Å². The molecule has 0 spiro atoms. The highest BCUT2D eigenvalue weighted by atomic mass is 32.1. The summed E-state index contributed by atoms with van der Waals surface area (Å²) in [5.41, 5.74) is 0.213. The summed E-state index contributed by atoms with van der Waals surface area (Å²) >= 11 is 4.30. The third kappa shape index (κ3) is 1.84. The minimum Gasteiger partial charge on any atom is -0.411 e. The summed E-state index contributed by atoms with van der Waals surface area (Å²) in [4.78, 5) is 0. The third-order valence-electron chi connectivity index (χ3n) is 0.264. The van der Waals surface area contributed by atoms with E-state index >= 15 is 0 Å². The van der Waals surface area contributed by atoms with Crippen molar-refractivity contribution in [2.24, 2.45) is 5.16 Å². The Morgan fingerprint density at radius 2 is 2.50 bits per heavy atom. The van der Waals surface area contributed by atoms with Crippen LogP contribution in [0.4, 0.5) is 0 Å². The topological polar surface area (TPSA) is 32.6 Å². The predicted molar refractivity (Wildman–Crippen MR) is 28.2 cm³/mol. The average Bonchev–Trinajstić information content (AvgIpc) is 1.65. The number of oxime groups is 1. The molecule has 6 heavy (non-hydrogen) atoms. The van der Waals surface area contributed by atoms with E-state index in [1.807, 2.05) is 0 Å². The predicted octanol–water partition coefficient (Wildman–Crippen LogP) is 0.650. The van der Waals surface area contributed by atoms with Gasteiger partial charge in [0.2, 0.25) is 0 Å². The van der Waals surface area contributed by atoms with Gasteiger partial charge in [0.05, 0.1) is 5.71 Å². The first-order valence-electron chi connectivity index (χ1n) is 1.30. The van der Waals surface area contributed by atoms with Crippen molar-refractivity contribution in [3.8, 4) is 0 Å². The Morgan fingerprint density at radius 3 is 2.50 bits per heavy atom. The normalized spacial score (nSPS) is 11.2. The van der Waals surface area contributed by atoms with Gasteiger partial charge in [-0.2, -0.15) is 0 Å². The van der Waals surface area contributed by atoms with Crippen LogP contribution >= 0.6 is 12.2 Å². The summed E-state index contributed by atoms with van der Waals surface area (Å²) in [5, 5.41) is 11.6. The van der Waals surface area contributed by atoms with Gasteiger partial charge >= 0.3 is 0 Å². The lowest BCUT2D eigenvalue weighted by Crippen LogP contribution is -1.86. The van der Waals surface area contributed by atoms with E-state index in [0.717, 1.165) is 0 Å². The van der Waals surface area contributed by atoms with Crippen molar-refractivity contribution in [2.45, 2.75) is 0 Å². The highest BCUT2D eigenvalue weighted by Crippen LogP contribution is 1.63. The maximum Gasteiger partial charge on any atom is 0.0906 e. The molecule has 0 saturated heterocycles. The zero-order chi connectivity index (χ0) is 4.99. The van der Waals surface area contributed by atoms with Crippen LogP contribution in [0, 0.1) is 6.92 Å². The summed E-state index contributed by atoms with van der Waals surface area (Å²) in [6.07, 6.45) is 0. The zero-order valence-corrected chi connectivity index (χ0v) is 3.90. The number of hydrogen-bond acceptors (Lipinski definition) is 3. The van der Waals surface area contributed by atoms with Gasteiger partial charge in [0.15, 0.2) is 0 Å². The Kier molecular flexibility index (Phi) is 2.58. The van der Waals surface area contributed by atoms with E-state index in [1.54, 1.807) is 0 Å². The molecule has 0 aliphatic heterocycles. The largest absolute Gasteiger partial charge is 0.411 e. The van der Waals surface area contributed by atoms with Crippen molar-refractivity contribution in [2.75, 3.05) is 0 Å². The molecule has 0 rings (SSSR count). The summed E-state index contributed by atoms with van der Waals surface area (Å²) in [6, 6.07) is 0. The molecular weight excluding hydrogens is 98.1 g/mol. The summed E-state index contributed by atoms with van der Waals surface area (Å²) in [5.74, 6) is 0. The first-order valence-corrected chi connectivity index (χ1v) is 1.77. The zero-order valence-electron chi connectivity index (χ0n) is 3.09. The second-order valence-electron chi connectivity index (χ2n) is 0.709. The summed E-state index contributed by atoms with van der Waals surface area (Å²) < 4.78 is 0. The molecule has 2 nitrogen and oxygen atoms in total. The van der Waals surface area contributed by atoms with E-state index in [4.69, 9.17) is 5.21 Å². The standard InChI is InChI=1S/C3H4NOS/c1-3(2-6)4-5/h2,5H,1H2. The highest BCUT2D eigenvalue weighted by Gasteiger charge is 1.74. The Balaban J connectivity index is 3.50. The number of thiocarbonyl (C=S) groups is 1. The maximum absolute atomic E-state index is 7.76. The fourth-order valence-electron chi connectivity index (χ4n) is 0.0236.